The molecule has 0 radical (unpaired) electrons. The third-order valence-corrected chi connectivity index (χ3v) is 5.26. The zero-order valence-corrected chi connectivity index (χ0v) is 12.7. The molecule has 0 aromatic heterocycles. The van der Waals surface area contributed by atoms with E-state index in [-0.39, 0.29) is 16.0 Å². The Labute approximate surface area is 123 Å². The smallest absolute Gasteiger partial charge is 0.242 e. The summed E-state index contributed by atoms with van der Waals surface area (Å²) in [6.07, 6.45) is 3.25. The van der Waals surface area contributed by atoms with Crippen LogP contribution < -0.4 is 10.0 Å². The molecule has 1 aliphatic rings. The van der Waals surface area contributed by atoms with Gasteiger partial charge in [-0.15, -0.1) is 0 Å². The summed E-state index contributed by atoms with van der Waals surface area (Å²) >= 11 is 11.7. The lowest BCUT2D eigenvalue weighted by Gasteiger charge is -2.23. The second-order valence-corrected chi connectivity index (χ2v) is 7.15. The predicted octanol–water partition coefficient (Wildman–Crippen LogP) is 2.41. The minimum atomic E-state index is -3.59. The van der Waals surface area contributed by atoms with Crippen molar-refractivity contribution in [3.05, 3.63) is 28.2 Å². The minimum absolute atomic E-state index is 0.0642. The molecular weight excluding hydrogens is 307 g/mol. The molecule has 106 valence electrons. The number of hydrogen-bond donors (Lipinski definition) is 2. The van der Waals surface area contributed by atoms with Crippen LogP contribution in [0, 0.1) is 0 Å². The topological polar surface area (TPSA) is 58.2 Å². The lowest BCUT2D eigenvalue weighted by molar-refractivity contribution is 0.398. The van der Waals surface area contributed by atoms with Crippen LogP contribution in [0.2, 0.25) is 10.0 Å². The zero-order valence-electron chi connectivity index (χ0n) is 10.3. The highest BCUT2D eigenvalue weighted by atomic mass is 35.5. The molecule has 1 aromatic carbocycles. The van der Waals surface area contributed by atoms with Gasteiger partial charge in [0.05, 0.1) is 5.02 Å². The first-order valence-electron chi connectivity index (χ1n) is 6.17. The number of rotatable bonds is 4. The number of hydrogen-bond acceptors (Lipinski definition) is 3. The molecule has 1 heterocycles. The summed E-state index contributed by atoms with van der Waals surface area (Å²) in [7, 11) is -3.59. The van der Waals surface area contributed by atoms with Gasteiger partial charge in [0.25, 0.3) is 0 Å². The highest BCUT2D eigenvalue weighted by molar-refractivity contribution is 7.89. The monoisotopic (exact) mass is 322 g/mol. The van der Waals surface area contributed by atoms with Crippen molar-refractivity contribution < 1.29 is 8.42 Å². The van der Waals surface area contributed by atoms with E-state index < -0.39 is 10.0 Å². The van der Waals surface area contributed by atoms with Gasteiger partial charge < -0.3 is 5.32 Å². The summed E-state index contributed by atoms with van der Waals surface area (Å²) in [6, 6.07) is 4.55. The van der Waals surface area contributed by atoms with Crippen LogP contribution in [-0.4, -0.2) is 27.5 Å². The van der Waals surface area contributed by atoms with E-state index >= 15 is 0 Å². The SMILES string of the molecule is O=S(=O)(NCC1CCCCN1)c1ccc(Cl)cc1Cl. The average Bonchev–Trinajstić information content (AvgIpc) is 2.37. The zero-order chi connectivity index (χ0) is 13.9. The van der Waals surface area contributed by atoms with Gasteiger partial charge in [0, 0.05) is 17.6 Å². The molecule has 0 aliphatic carbocycles. The molecule has 2 N–H and O–H groups in total. The van der Waals surface area contributed by atoms with Crippen LogP contribution in [0.15, 0.2) is 23.1 Å². The van der Waals surface area contributed by atoms with Crippen molar-refractivity contribution in [2.24, 2.45) is 0 Å². The van der Waals surface area contributed by atoms with Crippen molar-refractivity contribution in [2.45, 2.75) is 30.2 Å². The molecule has 0 spiro atoms. The van der Waals surface area contributed by atoms with Crippen molar-refractivity contribution >= 4 is 33.2 Å². The maximum Gasteiger partial charge on any atom is 0.242 e. The van der Waals surface area contributed by atoms with Crippen LogP contribution >= 0.6 is 23.2 Å². The van der Waals surface area contributed by atoms with E-state index in [1.165, 1.54) is 18.2 Å². The van der Waals surface area contributed by atoms with Gasteiger partial charge >= 0.3 is 0 Å². The molecule has 1 fully saturated rings. The van der Waals surface area contributed by atoms with Gasteiger partial charge in [0.1, 0.15) is 4.90 Å². The third-order valence-electron chi connectivity index (χ3n) is 3.12. The number of halogens is 2. The molecule has 2 rings (SSSR count). The first kappa shape index (κ1) is 15.1. The van der Waals surface area contributed by atoms with Gasteiger partial charge in [-0.2, -0.15) is 0 Å². The van der Waals surface area contributed by atoms with Crippen LogP contribution in [-0.2, 0) is 10.0 Å². The van der Waals surface area contributed by atoms with Crippen LogP contribution in [0.1, 0.15) is 19.3 Å². The van der Waals surface area contributed by atoms with E-state index in [9.17, 15) is 8.42 Å². The van der Waals surface area contributed by atoms with E-state index in [2.05, 4.69) is 10.0 Å². The van der Waals surface area contributed by atoms with Gasteiger partial charge in [-0.1, -0.05) is 29.6 Å². The Balaban J connectivity index is 2.05. The lowest BCUT2D eigenvalue weighted by atomic mass is 10.1. The maximum atomic E-state index is 12.1. The van der Waals surface area contributed by atoms with E-state index in [1.54, 1.807) is 0 Å². The summed E-state index contributed by atoms with van der Waals surface area (Å²) in [5.41, 5.74) is 0. The Morgan fingerprint density at radius 1 is 1.32 bits per heavy atom. The Morgan fingerprint density at radius 2 is 2.11 bits per heavy atom. The van der Waals surface area contributed by atoms with Gasteiger partial charge in [0.15, 0.2) is 0 Å². The number of sulfonamides is 1. The number of benzene rings is 1. The molecule has 19 heavy (non-hydrogen) atoms. The molecule has 0 amide bonds. The average molecular weight is 323 g/mol. The Hall–Kier alpha value is -0.330. The molecule has 7 heteroatoms. The minimum Gasteiger partial charge on any atom is -0.313 e. The fourth-order valence-electron chi connectivity index (χ4n) is 2.08. The largest absolute Gasteiger partial charge is 0.313 e. The van der Waals surface area contributed by atoms with Crippen LogP contribution in [0.5, 0.6) is 0 Å². The van der Waals surface area contributed by atoms with E-state index in [0.717, 1.165) is 25.8 Å². The molecule has 1 saturated heterocycles. The van der Waals surface area contributed by atoms with Gasteiger partial charge in [0.2, 0.25) is 10.0 Å². The predicted molar refractivity (Wildman–Crippen MR) is 77.3 cm³/mol. The van der Waals surface area contributed by atoms with E-state index in [0.29, 0.717) is 11.6 Å². The van der Waals surface area contributed by atoms with Crippen LogP contribution in [0.3, 0.4) is 0 Å². The molecule has 0 bridgehead atoms. The highest BCUT2D eigenvalue weighted by Crippen LogP contribution is 2.24. The molecule has 1 aliphatic heterocycles. The molecule has 1 aromatic rings. The fraction of sp³-hybridized carbons (Fsp3) is 0.500. The number of nitrogens with one attached hydrogen (secondary N) is 2. The summed E-state index contributed by atoms with van der Waals surface area (Å²) < 4.78 is 26.9. The maximum absolute atomic E-state index is 12.1. The third kappa shape index (κ3) is 4.07. The lowest BCUT2D eigenvalue weighted by Crippen LogP contribution is -2.43. The van der Waals surface area contributed by atoms with Crippen molar-refractivity contribution in [1.29, 1.82) is 0 Å². The summed E-state index contributed by atoms with van der Waals surface area (Å²) in [5, 5.41) is 3.84. The second-order valence-electron chi connectivity index (χ2n) is 4.57. The van der Waals surface area contributed by atoms with E-state index in [4.69, 9.17) is 23.2 Å². The summed E-state index contributed by atoms with van der Waals surface area (Å²) in [4.78, 5) is 0.0642. The van der Waals surface area contributed by atoms with E-state index in [1.807, 2.05) is 0 Å². The fourth-order valence-corrected chi connectivity index (χ4v) is 3.93. The first-order valence-corrected chi connectivity index (χ1v) is 8.41. The summed E-state index contributed by atoms with van der Waals surface area (Å²) in [5.74, 6) is 0. The van der Waals surface area contributed by atoms with Crippen molar-refractivity contribution in [3.8, 4) is 0 Å². The Kier molecular flexibility index (Phi) is 5.09. The Bertz CT molecular complexity index is 543. The molecule has 0 saturated carbocycles. The molecule has 1 atom stereocenters. The molecule has 4 nitrogen and oxygen atoms in total. The Morgan fingerprint density at radius 3 is 2.74 bits per heavy atom. The van der Waals surface area contributed by atoms with Crippen LogP contribution in [0.4, 0.5) is 0 Å². The van der Waals surface area contributed by atoms with Crippen molar-refractivity contribution in [3.63, 3.8) is 0 Å². The highest BCUT2D eigenvalue weighted by Gasteiger charge is 2.20. The second kappa shape index (κ2) is 6.41. The molecule has 1 unspecified atom stereocenters. The molecular formula is C12H16Cl2N2O2S. The quantitative estimate of drug-likeness (QED) is 0.895. The normalized spacial score (nSPS) is 20.4. The number of piperidine rings is 1. The van der Waals surface area contributed by atoms with Crippen molar-refractivity contribution in [1.82, 2.24) is 10.0 Å². The first-order chi connectivity index (χ1) is 8.99. The van der Waals surface area contributed by atoms with Crippen LogP contribution in [0.25, 0.3) is 0 Å². The van der Waals surface area contributed by atoms with Crippen molar-refractivity contribution in [2.75, 3.05) is 13.1 Å². The summed E-state index contributed by atoms with van der Waals surface area (Å²) in [6.45, 7) is 1.31. The van der Waals surface area contributed by atoms with Gasteiger partial charge in [-0.3, -0.25) is 0 Å². The van der Waals surface area contributed by atoms with Gasteiger partial charge in [-0.25, -0.2) is 13.1 Å². The van der Waals surface area contributed by atoms with Gasteiger partial charge in [-0.05, 0) is 37.6 Å². The standard InChI is InChI=1S/C12H16Cl2N2O2S/c13-9-4-5-12(11(14)7-9)19(17,18)16-8-10-3-1-2-6-15-10/h4-5,7,10,15-16H,1-3,6,8H2.